The molecule has 0 saturated carbocycles. The van der Waals surface area contributed by atoms with Gasteiger partial charge in [0.05, 0.1) is 5.92 Å². The summed E-state index contributed by atoms with van der Waals surface area (Å²) >= 11 is 3.53. The van der Waals surface area contributed by atoms with Crippen molar-refractivity contribution in [2.24, 2.45) is 11.8 Å². The van der Waals surface area contributed by atoms with E-state index in [-0.39, 0.29) is 17.7 Å². The van der Waals surface area contributed by atoms with Gasteiger partial charge in [-0.15, -0.1) is 0 Å². The number of carboxylic acids is 1. The fourth-order valence-corrected chi connectivity index (χ4v) is 3.39. The van der Waals surface area contributed by atoms with Crippen molar-refractivity contribution in [2.75, 3.05) is 13.1 Å². The Bertz CT molecular complexity index is 538. The summed E-state index contributed by atoms with van der Waals surface area (Å²) in [6.45, 7) is 3.15. The number of halogens is 1. The van der Waals surface area contributed by atoms with Gasteiger partial charge in [0.25, 0.3) is 0 Å². The molecule has 1 aromatic carbocycles. The lowest BCUT2D eigenvalue weighted by Crippen LogP contribution is -2.43. The molecule has 0 aliphatic carbocycles. The number of amides is 1. The van der Waals surface area contributed by atoms with Crippen LogP contribution in [-0.2, 0) is 16.0 Å². The van der Waals surface area contributed by atoms with Gasteiger partial charge in [-0.3, -0.25) is 9.59 Å². The van der Waals surface area contributed by atoms with Gasteiger partial charge in [-0.1, -0.05) is 41.1 Å². The Morgan fingerprint density at radius 1 is 1.32 bits per heavy atom. The Morgan fingerprint density at radius 2 is 1.95 bits per heavy atom. The lowest BCUT2D eigenvalue weighted by Gasteiger charge is -2.32. The standard InChI is InChI=1S/C17H22BrNO3/c1-2-12(11-14-5-3-4-6-15(14)18)16(20)19-9-7-13(8-10-19)17(21)22/h3-6,12-13H,2,7-11H2,1H3,(H,21,22). The number of rotatable bonds is 5. The van der Waals surface area contributed by atoms with Gasteiger partial charge in [0.15, 0.2) is 0 Å². The molecule has 0 bridgehead atoms. The molecular weight excluding hydrogens is 346 g/mol. The second-order valence-corrected chi connectivity index (χ2v) is 6.69. The molecule has 0 spiro atoms. The van der Waals surface area contributed by atoms with Crippen LogP contribution in [0.15, 0.2) is 28.7 Å². The van der Waals surface area contributed by atoms with Gasteiger partial charge in [0, 0.05) is 23.5 Å². The number of aliphatic carboxylic acids is 1. The molecule has 1 saturated heterocycles. The predicted molar refractivity (Wildman–Crippen MR) is 88.6 cm³/mol. The van der Waals surface area contributed by atoms with Crippen molar-refractivity contribution in [1.29, 1.82) is 0 Å². The van der Waals surface area contributed by atoms with Crippen molar-refractivity contribution in [3.8, 4) is 0 Å². The van der Waals surface area contributed by atoms with E-state index in [0.29, 0.717) is 25.9 Å². The van der Waals surface area contributed by atoms with Crippen LogP contribution in [0, 0.1) is 11.8 Å². The number of nitrogens with zero attached hydrogens (tertiary/aromatic N) is 1. The SMILES string of the molecule is CCC(Cc1ccccc1Br)C(=O)N1CCC(C(=O)O)CC1. The number of likely N-dealkylation sites (tertiary alicyclic amines) is 1. The second-order valence-electron chi connectivity index (χ2n) is 5.84. The maximum absolute atomic E-state index is 12.7. The summed E-state index contributed by atoms with van der Waals surface area (Å²) in [5.41, 5.74) is 1.14. The largest absolute Gasteiger partial charge is 0.481 e. The van der Waals surface area contributed by atoms with Crippen LogP contribution in [-0.4, -0.2) is 35.0 Å². The Hall–Kier alpha value is -1.36. The second kappa shape index (κ2) is 7.77. The van der Waals surface area contributed by atoms with Crippen LogP contribution in [0.25, 0.3) is 0 Å². The van der Waals surface area contributed by atoms with E-state index < -0.39 is 5.97 Å². The average molecular weight is 368 g/mol. The topological polar surface area (TPSA) is 57.6 Å². The number of hydrogen-bond acceptors (Lipinski definition) is 2. The molecule has 5 heteroatoms. The van der Waals surface area contributed by atoms with Crippen molar-refractivity contribution >= 4 is 27.8 Å². The molecule has 0 radical (unpaired) electrons. The van der Waals surface area contributed by atoms with Gasteiger partial charge in [-0.05, 0) is 37.3 Å². The van der Waals surface area contributed by atoms with E-state index in [1.807, 2.05) is 36.1 Å². The lowest BCUT2D eigenvalue weighted by molar-refractivity contribution is -0.146. The summed E-state index contributed by atoms with van der Waals surface area (Å²) in [6, 6.07) is 7.98. The molecule has 1 aromatic rings. The first-order chi connectivity index (χ1) is 10.5. The van der Waals surface area contributed by atoms with Gasteiger partial charge in [-0.25, -0.2) is 0 Å². The first kappa shape index (κ1) is 17.0. The van der Waals surface area contributed by atoms with Crippen molar-refractivity contribution in [2.45, 2.75) is 32.6 Å². The summed E-state index contributed by atoms with van der Waals surface area (Å²) in [6.07, 6.45) is 2.63. The fraction of sp³-hybridized carbons (Fsp3) is 0.529. The van der Waals surface area contributed by atoms with Crippen molar-refractivity contribution in [1.82, 2.24) is 4.90 Å². The van der Waals surface area contributed by atoms with Gasteiger partial charge in [-0.2, -0.15) is 0 Å². The quantitative estimate of drug-likeness (QED) is 0.867. The third kappa shape index (κ3) is 4.09. The number of carboxylic acid groups (broad SMARTS) is 1. The molecule has 2 rings (SSSR count). The molecular formula is C17H22BrNO3. The molecule has 1 heterocycles. The molecule has 1 N–H and O–H groups in total. The van der Waals surface area contributed by atoms with E-state index in [4.69, 9.17) is 5.11 Å². The summed E-state index contributed by atoms with van der Waals surface area (Å²) in [4.78, 5) is 25.5. The van der Waals surface area contributed by atoms with Crippen molar-refractivity contribution < 1.29 is 14.7 Å². The molecule has 0 aromatic heterocycles. The minimum atomic E-state index is -0.743. The summed E-state index contributed by atoms with van der Waals surface area (Å²) in [5.74, 6) is -0.929. The highest BCUT2D eigenvalue weighted by atomic mass is 79.9. The Labute approximate surface area is 139 Å². The number of benzene rings is 1. The highest BCUT2D eigenvalue weighted by molar-refractivity contribution is 9.10. The zero-order valence-electron chi connectivity index (χ0n) is 12.8. The summed E-state index contributed by atoms with van der Waals surface area (Å²) in [5, 5.41) is 9.04. The van der Waals surface area contributed by atoms with Gasteiger partial charge >= 0.3 is 5.97 Å². The van der Waals surface area contributed by atoms with Crippen LogP contribution < -0.4 is 0 Å². The molecule has 1 atom stereocenters. The highest BCUT2D eigenvalue weighted by Crippen LogP contribution is 2.24. The van der Waals surface area contributed by atoms with E-state index in [1.165, 1.54) is 0 Å². The molecule has 1 aliphatic rings. The maximum Gasteiger partial charge on any atom is 0.306 e. The molecule has 120 valence electrons. The third-order valence-electron chi connectivity index (χ3n) is 4.42. The van der Waals surface area contributed by atoms with E-state index in [2.05, 4.69) is 15.9 Å². The molecule has 4 nitrogen and oxygen atoms in total. The lowest BCUT2D eigenvalue weighted by atomic mass is 9.92. The molecule has 22 heavy (non-hydrogen) atoms. The maximum atomic E-state index is 12.7. The zero-order valence-corrected chi connectivity index (χ0v) is 14.4. The van der Waals surface area contributed by atoms with E-state index in [1.54, 1.807) is 0 Å². The molecule has 1 unspecified atom stereocenters. The Morgan fingerprint density at radius 3 is 2.50 bits per heavy atom. The van der Waals surface area contributed by atoms with E-state index in [9.17, 15) is 9.59 Å². The van der Waals surface area contributed by atoms with E-state index >= 15 is 0 Å². The molecule has 1 aliphatic heterocycles. The summed E-state index contributed by atoms with van der Waals surface area (Å²) < 4.78 is 1.03. The van der Waals surface area contributed by atoms with Crippen molar-refractivity contribution in [3.05, 3.63) is 34.3 Å². The minimum Gasteiger partial charge on any atom is -0.481 e. The normalized spacial score (nSPS) is 17.3. The third-order valence-corrected chi connectivity index (χ3v) is 5.20. The van der Waals surface area contributed by atoms with Crippen LogP contribution in [0.2, 0.25) is 0 Å². The van der Waals surface area contributed by atoms with Gasteiger partial charge < -0.3 is 10.0 Å². The van der Waals surface area contributed by atoms with Crippen molar-refractivity contribution in [3.63, 3.8) is 0 Å². The minimum absolute atomic E-state index is 0.0416. The molecule has 1 fully saturated rings. The Balaban J connectivity index is 1.98. The number of carbonyl (C=O) groups is 2. The average Bonchev–Trinajstić information content (AvgIpc) is 2.53. The smallest absolute Gasteiger partial charge is 0.306 e. The monoisotopic (exact) mass is 367 g/mol. The van der Waals surface area contributed by atoms with E-state index in [0.717, 1.165) is 22.9 Å². The fourth-order valence-electron chi connectivity index (χ4n) is 2.94. The summed E-state index contributed by atoms with van der Waals surface area (Å²) in [7, 11) is 0. The number of hydrogen-bond donors (Lipinski definition) is 1. The van der Waals surface area contributed by atoms with Crippen LogP contribution in [0.5, 0.6) is 0 Å². The van der Waals surface area contributed by atoms with Gasteiger partial charge in [0.2, 0.25) is 5.91 Å². The van der Waals surface area contributed by atoms with Crippen LogP contribution in [0.1, 0.15) is 31.7 Å². The van der Waals surface area contributed by atoms with Crippen LogP contribution in [0.4, 0.5) is 0 Å². The number of carbonyl (C=O) groups excluding carboxylic acids is 1. The first-order valence-corrected chi connectivity index (χ1v) is 8.57. The highest BCUT2D eigenvalue weighted by Gasteiger charge is 2.30. The molecule has 1 amide bonds. The van der Waals surface area contributed by atoms with Crippen LogP contribution >= 0.6 is 15.9 Å². The predicted octanol–water partition coefficient (Wildman–Crippen LogP) is 3.34. The van der Waals surface area contributed by atoms with Crippen LogP contribution in [0.3, 0.4) is 0 Å². The van der Waals surface area contributed by atoms with Gasteiger partial charge in [0.1, 0.15) is 0 Å². The Kier molecular flexibility index (Phi) is 6.00. The number of piperidine rings is 1. The first-order valence-electron chi connectivity index (χ1n) is 7.78. The zero-order chi connectivity index (χ0) is 16.1.